The number of benzene rings is 4. The molecule has 0 aromatic heterocycles. The van der Waals surface area contributed by atoms with E-state index in [0.717, 1.165) is 17.2 Å². The third-order valence-electron chi connectivity index (χ3n) is 9.88. The Hall–Kier alpha value is -3.68. The van der Waals surface area contributed by atoms with E-state index >= 15 is 0 Å². The van der Waals surface area contributed by atoms with Crippen LogP contribution in [0.1, 0.15) is 70.5 Å². The van der Waals surface area contributed by atoms with Gasteiger partial charge in [0.25, 0.3) is 8.32 Å². The molecule has 0 radical (unpaired) electrons. The van der Waals surface area contributed by atoms with Crippen LogP contribution >= 0.6 is 23.2 Å². The van der Waals surface area contributed by atoms with Crippen molar-refractivity contribution in [1.82, 2.24) is 4.90 Å². The number of piperidine rings is 1. The first-order valence-corrected chi connectivity index (χ1v) is 19.4. The Morgan fingerprint density at radius 3 is 2.04 bits per heavy atom. The van der Waals surface area contributed by atoms with Crippen molar-refractivity contribution in [1.29, 1.82) is 0 Å². The number of nitrogens with zero attached hydrogens (tertiary/aromatic N) is 1. The predicted molar refractivity (Wildman–Crippen MR) is 202 cm³/mol. The van der Waals surface area contributed by atoms with E-state index in [1.807, 2.05) is 72.5 Å². The van der Waals surface area contributed by atoms with E-state index in [2.05, 4.69) is 76.2 Å². The number of hydrogen-bond donors (Lipinski definition) is 1. The van der Waals surface area contributed by atoms with Crippen LogP contribution in [0.2, 0.25) is 15.1 Å². The Morgan fingerprint density at radius 2 is 1.51 bits per heavy atom. The van der Waals surface area contributed by atoms with Gasteiger partial charge in [-0.1, -0.05) is 135 Å². The summed E-state index contributed by atoms with van der Waals surface area (Å²) >= 11 is 12.9. The van der Waals surface area contributed by atoms with E-state index in [-0.39, 0.29) is 28.9 Å². The molecule has 5 rings (SSSR count). The van der Waals surface area contributed by atoms with Gasteiger partial charge in [0, 0.05) is 34.7 Å². The summed E-state index contributed by atoms with van der Waals surface area (Å²) in [6, 6.07) is 35.8. The minimum Gasteiger partial charge on any atom is -0.478 e. The monoisotopic (exact) mass is 713 g/mol. The van der Waals surface area contributed by atoms with Gasteiger partial charge in [0.1, 0.15) is 0 Å². The molecule has 1 aliphatic heterocycles. The Labute approximate surface area is 301 Å². The largest absolute Gasteiger partial charge is 0.478 e. The molecule has 4 aromatic rings. The van der Waals surface area contributed by atoms with Crippen LogP contribution < -0.4 is 10.4 Å². The summed E-state index contributed by atoms with van der Waals surface area (Å²) in [7, 11) is -2.81. The fraction of sp³-hybridized carbons (Fsp3) is 0.317. The maximum Gasteiger partial charge on any atom is 0.328 e. The van der Waals surface area contributed by atoms with E-state index in [4.69, 9.17) is 27.6 Å². The summed E-state index contributed by atoms with van der Waals surface area (Å²) in [6.45, 7) is 11.1. The lowest BCUT2D eigenvalue weighted by Gasteiger charge is -2.51. The molecule has 1 aliphatic rings. The second-order valence-electron chi connectivity index (χ2n) is 14.3. The number of carboxylic acids is 1. The number of rotatable bonds is 11. The average Bonchev–Trinajstić information content (AvgIpc) is 3.07. The van der Waals surface area contributed by atoms with Crippen molar-refractivity contribution in [2.24, 2.45) is 5.41 Å². The first-order chi connectivity index (χ1) is 23.3. The van der Waals surface area contributed by atoms with Crippen molar-refractivity contribution in [3.63, 3.8) is 0 Å². The molecular formula is C41H45Cl2NO4Si. The minimum absolute atomic E-state index is 0.124. The van der Waals surface area contributed by atoms with Gasteiger partial charge in [-0.05, 0) is 77.5 Å². The fourth-order valence-corrected chi connectivity index (χ4v) is 12.4. The van der Waals surface area contributed by atoms with E-state index in [1.54, 1.807) is 6.08 Å². The Morgan fingerprint density at radius 1 is 0.918 bits per heavy atom. The van der Waals surface area contributed by atoms with Gasteiger partial charge in [0.15, 0.2) is 0 Å². The Balaban J connectivity index is 1.57. The molecular weight excluding hydrogens is 669 g/mol. The lowest BCUT2D eigenvalue weighted by atomic mass is 9.68. The van der Waals surface area contributed by atoms with E-state index in [0.29, 0.717) is 29.5 Å². The predicted octanol–water partition coefficient (Wildman–Crippen LogP) is 9.05. The molecule has 256 valence electrons. The molecule has 1 heterocycles. The highest BCUT2D eigenvalue weighted by molar-refractivity contribution is 6.99. The maximum absolute atomic E-state index is 14.8. The maximum atomic E-state index is 14.8. The molecule has 1 amide bonds. The highest BCUT2D eigenvalue weighted by Crippen LogP contribution is 2.51. The molecule has 0 bridgehead atoms. The van der Waals surface area contributed by atoms with Crippen LogP contribution in [0, 0.1) is 5.41 Å². The van der Waals surface area contributed by atoms with Gasteiger partial charge in [0.05, 0.1) is 11.5 Å². The number of halogens is 2. The van der Waals surface area contributed by atoms with Crippen molar-refractivity contribution < 1.29 is 19.1 Å². The van der Waals surface area contributed by atoms with Crippen molar-refractivity contribution >= 4 is 53.8 Å². The summed E-state index contributed by atoms with van der Waals surface area (Å²) in [4.78, 5) is 28.4. The van der Waals surface area contributed by atoms with Crippen molar-refractivity contribution in [3.05, 3.63) is 143 Å². The molecule has 4 atom stereocenters. The highest BCUT2D eigenvalue weighted by atomic mass is 35.5. The van der Waals surface area contributed by atoms with Gasteiger partial charge in [-0.25, -0.2) is 4.79 Å². The number of aliphatic carboxylic acids is 1. The van der Waals surface area contributed by atoms with Crippen molar-refractivity contribution in [2.75, 3.05) is 6.61 Å². The number of amides is 1. The van der Waals surface area contributed by atoms with Crippen LogP contribution in [0.4, 0.5) is 0 Å². The van der Waals surface area contributed by atoms with Gasteiger partial charge in [-0.15, -0.1) is 0 Å². The number of carboxylic acid groups (broad SMARTS) is 1. The van der Waals surface area contributed by atoms with E-state index < -0.39 is 19.7 Å². The van der Waals surface area contributed by atoms with Gasteiger partial charge in [-0.3, -0.25) is 4.79 Å². The van der Waals surface area contributed by atoms with Crippen molar-refractivity contribution in [3.8, 4) is 0 Å². The molecule has 4 aromatic carbocycles. The van der Waals surface area contributed by atoms with Gasteiger partial charge in [0.2, 0.25) is 5.91 Å². The lowest BCUT2D eigenvalue weighted by molar-refractivity contribution is -0.151. The quantitative estimate of drug-likeness (QED) is 0.124. The van der Waals surface area contributed by atoms with Crippen LogP contribution in [0.5, 0.6) is 0 Å². The zero-order valence-electron chi connectivity index (χ0n) is 28.8. The molecule has 0 aliphatic carbocycles. The second kappa shape index (κ2) is 15.1. The van der Waals surface area contributed by atoms with Gasteiger partial charge < -0.3 is 14.4 Å². The molecule has 8 heteroatoms. The van der Waals surface area contributed by atoms with Gasteiger partial charge in [-0.2, -0.15) is 0 Å². The third kappa shape index (κ3) is 7.73. The smallest absolute Gasteiger partial charge is 0.328 e. The van der Waals surface area contributed by atoms with Crippen molar-refractivity contribution in [2.45, 2.75) is 70.5 Å². The summed E-state index contributed by atoms with van der Waals surface area (Å²) in [6.07, 6.45) is 3.61. The minimum atomic E-state index is -2.81. The Bertz CT molecular complexity index is 1740. The molecule has 1 fully saturated rings. The van der Waals surface area contributed by atoms with E-state index in [1.165, 1.54) is 10.4 Å². The summed E-state index contributed by atoms with van der Waals surface area (Å²) < 4.78 is 7.25. The van der Waals surface area contributed by atoms with E-state index in [9.17, 15) is 14.7 Å². The molecule has 1 N–H and O–H groups in total. The lowest BCUT2D eigenvalue weighted by Crippen LogP contribution is -2.66. The number of likely N-dealkylation sites (tertiary alicyclic amines) is 1. The fourth-order valence-electron chi connectivity index (χ4n) is 7.51. The summed E-state index contributed by atoms with van der Waals surface area (Å²) in [5.74, 6) is -1.39. The Kier molecular flexibility index (Phi) is 11.2. The molecule has 3 unspecified atom stereocenters. The second-order valence-corrected chi connectivity index (χ2v) is 19.5. The SMILES string of the molecule is C[C@@H](CCO[Si](c1ccccc1)(c1ccccc1)C(C)(C)C)N1C(=O)C(C)(C=CC(=O)O)CC(c2cccc(Cl)c2)C1c1ccc(Cl)cc1. The molecule has 0 saturated carbocycles. The van der Waals surface area contributed by atoms with Crippen LogP contribution in [0.15, 0.2) is 121 Å². The summed E-state index contributed by atoms with van der Waals surface area (Å²) in [5.41, 5.74) is 0.865. The normalized spacial score (nSPS) is 20.8. The molecule has 49 heavy (non-hydrogen) atoms. The molecule has 5 nitrogen and oxygen atoms in total. The van der Waals surface area contributed by atoms with Crippen LogP contribution in [0.3, 0.4) is 0 Å². The standard InChI is InChI=1S/C41H45Cl2NO4Si/c1-29(24-26-48-49(40(2,3)4,34-15-8-6-9-16-34)35-17-10-7-11-18-35)44-38(30-19-21-32(42)22-20-30)36(31-13-12-14-33(43)27-31)28-41(5,39(44)47)25-23-37(45)46/h6-23,25,27,29,36,38H,24,26,28H2,1-5H3,(H,45,46)/t29-,36?,38?,41?/m0/s1. The number of carbonyl (C=O) groups is 2. The zero-order valence-corrected chi connectivity index (χ0v) is 31.3. The van der Waals surface area contributed by atoms with Crippen LogP contribution in [0.25, 0.3) is 0 Å². The topological polar surface area (TPSA) is 66.8 Å². The zero-order chi connectivity index (χ0) is 35.4. The number of hydrogen-bond acceptors (Lipinski definition) is 3. The highest BCUT2D eigenvalue weighted by Gasteiger charge is 2.52. The molecule has 0 spiro atoms. The average molecular weight is 715 g/mol. The van der Waals surface area contributed by atoms with Gasteiger partial charge >= 0.3 is 5.97 Å². The molecule has 1 saturated heterocycles. The van der Waals surface area contributed by atoms with Crippen LogP contribution in [-0.2, 0) is 14.0 Å². The van der Waals surface area contributed by atoms with Crippen LogP contribution in [-0.4, -0.2) is 42.8 Å². The first-order valence-electron chi connectivity index (χ1n) is 16.8. The third-order valence-corrected chi connectivity index (χ3v) is 15.4. The number of carbonyl (C=O) groups excluding carboxylic acids is 1. The summed E-state index contributed by atoms with van der Waals surface area (Å²) in [5, 5.41) is 13.0. The first kappa shape index (κ1) is 36.6.